The first-order valence-corrected chi connectivity index (χ1v) is 12.5. The number of hydrogen-bond donors (Lipinski definition) is 3. The normalized spacial score (nSPS) is 17.5. The molecule has 1 aliphatic heterocycles. The lowest BCUT2D eigenvalue weighted by atomic mass is 9.93. The maximum absolute atomic E-state index is 12.7. The number of benzene rings is 1. The highest BCUT2D eigenvalue weighted by molar-refractivity contribution is 6.04. The van der Waals surface area contributed by atoms with E-state index in [4.69, 9.17) is 10.7 Å². The number of nitrogens with one attached hydrogen (secondary N) is 2. The summed E-state index contributed by atoms with van der Waals surface area (Å²) in [6.45, 7) is 5.15. The third kappa shape index (κ3) is 4.82. The predicted molar refractivity (Wildman–Crippen MR) is 142 cm³/mol. The number of likely N-dealkylation sites (tertiary alicyclic amines) is 1. The molecule has 4 aromatic rings. The molecular weight excluding hydrogens is 468 g/mol. The predicted octanol–water partition coefficient (Wildman–Crippen LogP) is 3.92. The van der Waals surface area contributed by atoms with Crippen LogP contribution >= 0.6 is 0 Å². The monoisotopic (exact) mass is 498 g/mol. The number of pyridine rings is 1. The van der Waals surface area contributed by atoms with Gasteiger partial charge in [-0.15, -0.1) is 0 Å². The van der Waals surface area contributed by atoms with Crippen LogP contribution in [0.2, 0.25) is 0 Å². The van der Waals surface area contributed by atoms with Gasteiger partial charge in [0.25, 0.3) is 5.91 Å². The van der Waals surface area contributed by atoms with Crippen molar-refractivity contribution in [2.75, 3.05) is 24.1 Å². The van der Waals surface area contributed by atoms with Crippen molar-refractivity contribution < 1.29 is 9.59 Å². The summed E-state index contributed by atoms with van der Waals surface area (Å²) in [6, 6.07) is 12.7. The van der Waals surface area contributed by atoms with E-state index < -0.39 is 0 Å². The third-order valence-corrected chi connectivity index (χ3v) is 6.77. The average Bonchev–Trinajstić information content (AvgIpc) is 3.31. The minimum absolute atomic E-state index is 0.0466. The Morgan fingerprint density at radius 2 is 1.89 bits per heavy atom. The lowest BCUT2D eigenvalue weighted by molar-refractivity contribution is 0.102. The van der Waals surface area contributed by atoms with Gasteiger partial charge in [-0.05, 0) is 51.0 Å². The summed E-state index contributed by atoms with van der Waals surface area (Å²) >= 11 is 0. The fraction of sp³-hybridized carbons (Fsp3) is 0.296. The molecule has 0 radical (unpaired) electrons. The third-order valence-electron chi connectivity index (χ3n) is 6.77. The summed E-state index contributed by atoms with van der Waals surface area (Å²) < 4.78 is 1.98. The van der Waals surface area contributed by atoms with Crippen LogP contribution in [0.15, 0.2) is 61.1 Å². The Kier molecular flexibility index (Phi) is 6.72. The van der Waals surface area contributed by atoms with E-state index >= 15 is 0 Å². The summed E-state index contributed by atoms with van der Waals surface area (Å²) in [5.74, 6) is 1.51. The number of hydrogen-bond acceptors (Lipinski definition) is 6. The number of aromatic nitrogens is 4. The molecule has 1 aromatic carbocycles. The van der Waals surface area contributed by atoms with Crippen molar-refractivity contribution in [3.05, 3.63) is 72.4 Å². The zero-order valence-corrected chi connectivity index (χ0v) is 20.9. The molecule has 190 valence electrons. The van der Waals surface area contributed by atoms with Crippen LogP contribution in [0.3, 0.4) is 0 Å². The number of fused-ring (bicyclic) bond motifs is 1. The molecule has 0 spiro atoms. The van der Waals surface area contributed by atoms with Crippen molar-refractivity contribution in [3.8, 4) is 11.3 Å². The highest BCUT2D eigenvalue weighted by Gasteiger charge is 2.32. The number of anilines is 2. The average molecular weight is 499 g/mol. The molecule has 0 bridgehead atoms. The number of nitrogens with two attached hydrogens (primary N) is 1. The van der Waals surface area contributed by atoms with Crippen LogP contribution in [0.1, 0.15) is 48.8 Å². The number of nitrogens with zero attached hydrogens (tertiary/aromatic N) is 5. The van der Waals surface area contributed by atoms with Crippen molar-refractivity contribution in [1.82, 2.24) is 29.6 Å². The Labute approximate surface area is 214 Å². The van der Waals surface area contributed by atoms with Crippen molar-refractivity contribution >= 4 is 29.1 Å². The summed E-state index contributed by atoms with van der Waals surface area (Å²) in [5, 5.41) is 5.71. The lowest BCUT2D eigenvalue weighted by Crippen LogP contribution is -2.49. The van der Waals surface area contributed by atoms with Crippen LogP contribution in [0.5, 0.6) is 0 Å². The molecule has 2 atom stereocenters. The topological polar surface area (TPSA) is 131 Å². The maximum atomic E-state index is 12.7. The van der Waals surface area contributed by atoms with E-state index in [1.165, 1.54) is 0 Å². The second-order valence-electron chi connectivity index (χ2n) is 9.21. The van der Waals surface area contributed by atoms with Gasteiger partial charge in [-0.2, -0.15) is 0 Å². The number of amides is 3. The highest BCUT2D eigenvalue weighted by atomic mass is 16.2. The Morgan fingerprint density at radius 3 is 2.62 bits per heavy atom. The van der Waals surface area contributed by atoms with Gasteiger partial charge >= 0.3 is 6.03 Å². The Morgan fingerprint density at radius 1 is 1.08 bits per heavy atom. The number of urea groups is 1. The number of nitrogen functional groups attached to an aromatic ring is 1. The van der Waals surface area contributed by atoms with Crippen LogP contribution < -0.4 is 16.4 Å². The van der Waals surface area contributed by atoms with E-state index in [9.17, 15) is 9.59 Å². The van der Waals surface area contributed by atoms with Crippen LogP contribution in [0.25, 0.3) is 16.8 Å². The molecule has 0 unspecified atom stereocenters. The lowest BCUT2D eigenvalue weighted by Gasteiger charge is -2.37. The van der Waals surface area contributed by atoms with Crippen LogP contribution in [0.4, 0.5) is 16.4 Å². The first-order chi connectivity index (χ1) is 18.0. The van der Waals surface area contributed by atoms with Gasteiger partial charge in [-0.3, -0.25) is 9.20 Å². The van der Waals surface area contributed by atoms with Gasteiger partial charge in [-0.25, -0.2) is 19.7 Å². The van der Waals surface area contributed by atoms with E-state index in [1.54, 1.807) is 36.7 Å². The molecule has 1 fully saturated rings. The van der Waals surface area contributed by atoms with Crippen LogP contribution in [0, 0.1) is 0 Å². The fourth-order valence-corrected chi connectivity index (χ4v) is 4.83. The zero-order valence-electron chi connectivity index (χ0n) is 20.9. The minimum atomic E-state index is -0.247. The smallest absolute Gasteiger partial charge is 0.317 e. The maximum Gasteiger partial charge on any atom is 0.317 e. The highest BCUT2D eigenvalue weighted by Crippen LogP contribution is 2.35. The summed E-state index contributed by atoms with van der Waals surface area (Å²) in [5.41, 5.74) is 9.05. The molecule has 3 aromatic heterocycles. The number of piperidine rings is 1. The van der Waals surface area contributed by atoms with Crippen molar-refractivity contribution in [2.24, 2.45) is 0 Å². The van der Waals surface area contributed by atoms with Crippen LogP contribution in [-0.2, 0) is 0 Å². The molecule has 10 nitrogen and oxygen atoms in total. The molecule has 1 aliphatic rings. The van der Waals surface area contributed by atoms with E-state index in [2.05, 4.69) is 27.5 Å². The first kappa shape index (κ1) is 24.2. The molecule has 4 N–H and O–H groups in total. The SMILES string of the molecule is CCNC(=O)N1C[C@H](c2nc(-c3ccc(C(=O)Nc4ccccn4)cc3)c3c(N)nccn23)CC[C@@H]1C. The van der Waals surface area contributed by atoms with Crippen molar-refractivity contribution in [2.45, 2.75) is 38.6 Å². The second-order valence-corrected chi connectivity index (χ2v) is 9.21. The van der Waals surface area contributed by atoms with E-state index in [0.29, 0.717) is 41.5 Å². The van der Waals surface area contributed by atoms with Crippen LogP contribution in [-0.4, -0.2) is 55.3 Å². The van der Waals surface area contributed by atoms with Gasteiger partial charge < -0.3 is 21.3 Å². The fourth-order valence-electron chi connectivity index (χ4n) is 4.83. The number of carbonyl (C=O) groups excluding carboxylic acids is 2. The van der Waals surface area contributed by atoms with Crippen molar-refractivity contribution in [1.29, 1.82) is 0 Å². The molecule has 1 saturated heterocycles. The molecular formula is C27H30N8O2. The van der Waals surface area contributed by atoms with E-state index in [-0.39, 0.29) is 23.9 Å². The molecule has 5 rings (SSSR count). The Hall–Kier alpha value is -4.47. The second kappa shape index (κ2) is 10.3. The van der Waals surface area contributed by atoms with Gasteiger partial charge in [0.05, 0.1) is 0 Å². The van der Waals surface area contributed by atoms with Gasteiger partial charge in [0.2, 0.25) is 0 Å². The van der Waals surface area contributed by atoms with Gasteiger partial charge in [-0.1, -0.05) is 18.2 Å². The quantitative estimate of drug-likeness (QED) is 0.382. The molecule has 0 saturated carbocycles. The summed E-state index contributed by atoms with van der Waals surface area (Å²) in [4.78, 5) is 40.7. The van der Waals surface area contributed by atoms with Gasteiger partial charge in [0, 0.05) is 54.8 Å². The van der Waals surface area contributed by atoms with Gasteiger partial charge in [0.1, 0.15) is 28.7 Å². The zero-order chi connectivity index (χ0) is 25.9. The number of rotatable bonds is 5. The first-order valence-electron chi connectivity index (χ1n) is 12.5. The molecule has 4 heterocycles. The standard InChI is InChI=1S/C27H30N8O2/c1-3-29-27(37)35-16-20(8-7-17(35)2)25-33-22(23-24(28)31-14-15-34(23)25)18-9-11-19(12-10-18)26(36)32-21-6-4-5-13-30-21/h4-6,9-15,17,20H,3,7-8,16H2,1-2H3,(H2,28,31)(H,29,37)(H,30,32,36)/t17-,20+/m0/s1. The Bertz CT molecular complexity index is 1420. The summed E-state index contributed by atoms with van der Waals surface area (Å²) in [6.07, 6.45) is 6.94. The molecule has 3 amide bonds. The minimum Gasteiger partial charge on any atom is -0.382 e. The van der Waals surface area contributed by atoms with E-state index in [0.717, 1.165) is 24.2 Å². The van der Waals surface area contributed by atoms with Crippen molar-refractivity contribution in [3.63, 3.8) is 0 Å². The number of carbonyl (C=O) groups is 2. The molecule has 0 aliphatic carbocycles. The Balaban J connectivity index is 1.46. The summed E-state index contributed by atoms with van der Waals surface area (Å²) in [7, 11) is 0. The van der Waals surface area contributed by atoms with E-state index in [1.807, 2.05) is 40.6 Å². The molecule has 37 heavy (non-hydrogen) atoms. The molecule has 10 heteroatoms. The largest absolute Gasteiger partial charge is 0.382 e. The number of imidazole rings is 1. The van der Waals surface area contributed by atoms with Gasteiger partial charge in [0.15, 0.2) is 0 Å².